The smallest absolute Gasteiger partial charge is 0.322 e. The molecule has 4 aliphatic carbocycles. The standard InChI is InChI=1S/C15H23N5O/c1-16-12-17-13(19-14(18-12)21-2)20-15-6-9-3-10(7-15)5-11(4-9)8-15/h9-11H,3-8H2,1-2H3,(H2,16,17,18,19,20). The number of ether oxygens (including phenoxy) is 1. The summed E-state index contributed by atoms with van der Waals surface area (Å²) in [6.07, 6.45) is 8.10. The average Bonchev–Trinajstić information content (AvgIpc) is 2.44. The zero-order chi connectivity index (χ0) is 14.4. The van der Waals surface area contributed by atoms with Gasteiger partial charge in [-0.1, -0.05) is 0 Å². The zero-order valence-corrected chi connectivity index (χ0v) is 12.7. The first-order chi connectivity index (χ1) is 10.2. The molecule has 0 radical (unpaired) electrons. The van der Waals surface area contributed by atoms with Gasteiger partial charge in [-0.3, -0.25) is 0 Å². The Morgan fingerprint density at radius 3 is 2.05 bits per heavy atom. The van der Waals surface area contributed by atoms with E-state index in [0.717, 1.165) is 17.8 Å². The van der Waals surface area contributed by atoms with Crippen LogP contribution >= 0.6 is 0 Å². The number of anilines is 2. The summed E-state index contributed by atoms with van der Waals surface area (Å²) < 4.78 is 5.18. The second kappa shape index (κ2) is 4.71. The molecule has 0 unspecified atom stereocenters. The van der Waals surface area contributed by atoms with E-state index in [9.17, 15) is 0 Å². The molecule has 5 rings (SSSR count). The van der Waals surface area contributed by atoms with E-state index in [0.29, 0.717) is 17.9 Å². The summed E-state index contributed by atoms with van der Waals surface area (Å²) in [5.41, 5.74) is 0.201. The van der Waals surface area contributed by atoms with E-state index in [2.05, 4.69) is 25.6 Å². The van der Waals surface area contributed by atoms with E-state index in [-0.39, 0.29) is 5.54 Å². The maximum absolute atomic E-state index is 5.18. The minimum atomic E-state index is 0.201. The molecule has 2 N–H and O–H groups in total. The molecule has 0 aromatic carbocycles. The van der Waals surface area contributed by atoms with Gasteiger partial charge < -0.3 is 15.4 Å². The molecule has 1 aromatic rings. The molecule has 1 aromatic heterocycles. The monoisotopic (exact) mass is 289 g/mol. The Kier molecular flexibility index (Phi) is 2.94. The van der Waals surface area contributed by atoms with Crippen LogP contribution in [-0.2, 0) is 0 Å². The second-order valence-electron chi connectivity index (χ2n) is 7.04. The van der Waals surface area contributed by atoms with Crippen molar-refractivity contribution < 1.29 is 4.74 Å². The van der Waals surface area contributed by atoms with Gasteiger partial charge in [-0.05, 0) is 56.3 Å². The Labute approximate surface area is 125 Å². The summed E-state index contributed by atoms with van der Waals surface area (Å²) in [6, 6.07) is 0.363. The van der Waals surface area contributed by atoms with Gasteiger partial charge in [-0.2, -0.15) is 15.0 Å². The molecule has 21 heavy (non-hydrogen) atoms. The quantitative estimate of drug-likeness (QED) is 0.886. The Morgan fingerprint density at radius 1 is 0.952 bits per heavy atom. The van der Waals surface area contributed by atoms with E-state index in [1.165, 1.54) is 38.5 Å². The molecule has 0 aliphatic heterocycles. The van der Waals surface area contributed by atoms with Crippen molar-refractivity contribution in [3.05, 3.63) is 0 Å². The SMILES string of the molecule is CNc1nc(NC23CC4CC(CC(C4)C2)C3)nc(OC)n1. The lowest BCUT2D eigenvalue weighted by molar-refractivity contribution is 0.0103. The number of rotatable bonds is 4. The largest absolute Gasteiger partial charge is 0.467 e. The van der Waals surface area contributed by atoms with Gasteiger partial charge in [0, 0.05) is 12.6 Å². The summed E-state index contributed by atoms with van der Waals surface area (Å²) in [5.74, 6) is 3.89. The highest BCUT2D eigenvalue weighted by Crippen LogP contribution is 2.56. The fourth-order valence-corrected chi connectivity index (χ4v) is 5.12. The normalized spacial score (nSPS) is 36.6. The molecule has 6 nitrogen and oxygen atoms in total. The highest BCUT2D eigenvalue weighted by atomic mass is 16.5. The predicted octanol–water partition coefficient (Wildman–Crippen LogP) is 2.30. The molecule has 0 saturated heterocycles. The van der Waals surface area contributed by atoms with Crippen LogP contribution in [0.2, 0.25) is 0 Å². The summed E-state index contributed by atoms with van der Waals surface area (Å²) in [5, 5.41) is 6.62. The first-order valence-electron chi connectivity index (χ1n) is 7.94. The van der Waals surface area contributed by atoms with Crippen LogP contribution in [0.1, 0.15) is 38.5 Å². The predicted molar refractivity (Wildman–Crippen MR) is 80.5 cm³/mol. The third kappa shape index (κ3) is 2.30. The topological polar surface area (TPSA) is 72.0 Å². The highest BCUT2D eigenvalue weighted by Gasteiger charge is 2.51. The Bertz CT molecular complexity index is 489. The molecule has 4 fully saturated rings. The van der Waals surface area contributed by atoms with Gasteiger partial charge in [-0.15, -0.1) is 0 Å². The maximum atomic E-state index is 5.18. The number of methoxy groups -OCH3 is 1. The van der Waals surface area contributed by atoms with Crippen molar-refractivity contribution in [3.63, 3.8) is 0 Å². The molecule has 4 bridgehead atoms. The Balaban J connectivity index is 1.61. The summed E-state index contributed by atoms with van der Waals surface area (Å²) in [4.78, 5) is 13.0. The molecule has 0 amide bonds. The minimum Gasteiger partial charge on any atom is -0.467 e. The number of hydrogen-bond acceptors (Lipinski definition) is 6. The van der Waals surface area contributed by atoms with Gasteiger partial charge in [0.25, 0.3) is 0 Å². The minimum absolute atomic E-state index is 0.201. The lowest BCUT2D eigenvalue weighted by Gasteiger charge is -2.56. The first kappa shape index (κ1) is 13.1. The fourth-order valence-electron chi connectivity index (χ4n) is 5.12. The number of aromatic nitrogens is 3. The molecule has 0 spiro atoms. The van der Waals surface area contributed by atoms with E-state index < -0.39 is 0 Å². The number of hydrogen-bond donors (Lipinski definition) is 2. The van der Waals surface area contributed by atoms with Crippen molar-refractivity contribution in [1.82, 2.24) is 15.0 Å². The van der Waals surface area contributed by atoms with Crippen molar-refractivity contribution >= 4 is 11.9 Å². The van der Waals surface area contributed by atoms with Gasteiger partial charge in [0.05, 0.1) is 7.11 Å². The van der Waals surface area contributed by atoms with E-state index >= 15 is 0 Å². The van der Waals surface area contributed by atoms with Crippen LogP contribution in [-0.4, -0.2) is 34.6 Å². The van der Waals surface area contributed by atoms with Crippen LogP contribution in [0, 0.1) is 17.8 Å². The van der Waals surface area contributed by atoms with Gasteiger partial charge in [0.15, 0.2) is 0 Å². The first-order valence-corrected chi connectivity index (χ1v) is 7.94. The van der Waals surface area contributed by atoms with Crippen LogP contribution in [0.4, 0.5) is 11.9 Å². The van der Waals surface area contributed by atoms with Gasteiger partial charge in [0.2, 0.25) is 11.9 Å². The van der Waals surface area contributed by atoms with Crippen LogP contribution in [0.25, 0.3) is 0 Å². The average molecular weight is 289 g/mol. The van der Waals surface area contributed by atoms with E-state index in [4.69, 9.17) is 4.74 Å². The molecule has 0 atom stereocenters. The molecule has 114 valence electrons. The summed E-state index contributed by atoms with van der Waals surface area (Å²) in [7, 11) is 3.40. The molecule has 4 saturated carbocycles. The Morgan fingerprint density at radius 2 is 1.52 bits per heavy atom. The van der Waals surface area contributed by atoms with Crippen LogP contribution < -0.4 is 15.4 Å². The molecule has 1 heterocycles. The Hall–Kier alpha value is -1.59. The van der Waals surface area contributed by atoms with Crippen molar-refractivity contribution in [2.75, 3.05) is 24.8 Å². The lowest BCUT2D eigenvalue weighted by atomic mass is 9.53. The molecular weight excluding hydrogens is 266 g/mol. The van der Waals surface area contributed by atoms with Gasteiger partial charge >= 0.3 is 6.01 Å². The number of nitrogens with one attached hydrogen (secondary N) is 2. The van der Waals surface area contributed by atoms with Crippen molar-refractivity contribution in [2.24, 2.45) is 17.8 Å². The van der Waals surface area contributed by atoms with Gasteiger partial charge in [-0.25, -0.2) is 0 Å². The molecular formula is C15H23N5O. The fraction of sp³-hybridized carbons (Fsp3) is 0.800. The maximum Gasteiger partial charge on any atom is 0.322 e. The number of nitrogens with zero attached hydrogens (tertiary/aromatic N) is 3. The van der Waals surface area contributed by atoms with Gasteiger partial charge in [0.1, 0.15) is 0 Å². The van der Waals surface area contributed by atoms with E-state index in [1.54, 1.807) is 7.11 Å². The summed E-state index contributed by atoms with van der Waals surface area (Å²) >= 11 is 0. The molecule has 6 heteroatoms. The van der Waals surface area contributed by atoms with Crippen LogP contribution in [0.3, 0.4) is 0 Å². The third-order valence-corrected chi connectivity index (χ3v) is 5.44. The van der Waals surface area contributed by atoms with Crippen molar-refractivity contribution in [2.45, 2.75) is 44.1 Å². The lowest BCUT2D eigenvalue weighted by Crippen LogP contribution is -2.55. The highest BCUT2D eigenvalue weighted by molar-refractivity contribution is 5.38. The van der Waals surface area contributed by atoms with Crippen LogP contribution in [0.15, 0.2) is 0 Å². The van der Waals surface area contributed by atoms with Crippen molar-refractivity contribution in [3.8, 4) is 6.01 Å². The van der Waals surface area contributed by atoms with Crippen molar-refractivity contribution in [1.29, 1.82) is 0 Å². The van der Waals surface area contributed by atoms with E-state index in [1.807, 2.05) is 7.05 Å². The third-order valence-electron chi connectivity index (χ3n) is 5.44. The summed E-state index contributed by atoms with van der Waals surface area (Å²) in [6.45, 7) is 0. The van der Waals surface area contributed by atoms with Crippen LogP contribution in [0.5, 0.6) is 6.01 Å². The molecule has 4 aliphatic rings. The zero-order valence-electron chi connectivity index (χ0n) is 12.7. The second-order valence-corrected chi connectivity index (χ2v) is 7.04.